The molecule has 0 aliphatic carbocycles. The molecule has 0 aromatic carbocycles. The van der Waals surface area contributed by atoms with E-state index in [0.29, 0.717) is 6.42 Å². The van der Waals surface area contributed by atoms with E-state index in [2.05, 4.69) is 0 Å². The molecular weight excluding hydrogens is 192 g/mol. The van der Waals surface area contributed by atoms with Crippen LogP contribution >= 0.6 is 21.6 Å². The van der Waals surface area contributed by atoms with Crippen molar-refractivity contribution in [3.8, 4) is 0 Å². The average Bonchev–Trinajstić information content (AvgIpc) is 2.49. The summed E-state index contributed by atoms with van der Waals surface area (Å²) in [4.78, 5) is 0. The van der Waals surface area contributed by atoms with Crippen molar-refractivity contribution in [3.63, 3.8) is 0 Å². The van der Waals surface area contributed by atoms with Gasteiger partial charge in [-0.2, -0.15) is 0 Å². The predicted molar refractivity (Wildman–Crippen MR) is 55.1 cm³/mol. The molecule has 0 amide bonds. The second kappa shape index (κ2) is 6.13. The molecule has 12 heavy (non-hydrogen) atoms. The molecule has 1 heterocycles. The minimum atomic E-state index is -1.10. The maximum absolute atomic E-state index is 8.59. The van der Waals surface area contributed by atoms with Crippen LogP contribution in [0.1, 0.15) is 32.1 Å². The van der Waals surface area contributed by atoms with E-state index in [1.54, 1.807) is 0 Å². The Kier molecular flexibility index (Phi) is 5.47. The second-order valence-electron chi connectivity index (χ2n) is 3.09. The maximum Gasteiger partial charge on any atom is 0.151 e. The van der Waals surface area contributed by atoms with Crippen molar-refractivity contribution in [2.45, 2.75) is 43.6 Å². The first kappa shape index (κ1) is 10.7. The van der Waals surface area contributed by atoms with E-state index < -0.39 is 6.29 Å². The van der Waals surface area contributed by atoms with Gasteiger partial charge in [-0.3, -0.25) is 0 Å². The summed E-state index contributed by atoms with van der Waals surface area (Å²) in [6.45, 7) is 0. The first-order valence-electron chi connectivity index (χ1n) is 4.43. The van der Waals surface area contributed by atoms with Crippen molar-refractivity contribution in [1.82, 2.24) is 0 Å². The van der Waals surface area contributed by atoms with Gasteiger partial charge >= 0.3 is 0 Å². The van der Waals surface area contributed by atoms with Gasteiger partial charge in [0, 0.05) is 11.0 Å². The molecule has 1 atom stereocenters. The maximum atomic E-state index is 8.59. The Bertz CT molecular complexity index is 114. The molecule has 1 rings (SSSR count). The highest BCUT2D eigenvalue weighted by Gasteiger charge is 2.15. The molecule has 1 aliphatic rings. The summed E-state index contributed by atoms with van der Waals surface area (Å²) >= 11 is 0. The van der Waals surface area contributed by atoms with Crippen LogP contribution in [0.15, 0.2) is 0 Å². The normalized spacial score (nSPS) is 23.8. The first-order valence-corrected chi connectivity index (χ1v) is 6.81. The third-order valence-electron chi connectivity index (χ3n) is 1.97. The molecule has 0 aromatic heterocycles. The lowest BCUT2D eigenvalue weighted by Gasteiger charge is -2.07. The zero-order valence-electron chi connectivity index (χ0n) is 7.11. The fourth-order valence-electron chi connectivity index (χ4n) is 1.26. The summed E-state index contributed by atoms with van der Waals surface area (Å²) in [6.07, 6.45) is 4.08. The van der Waals surface area contributed by atoms with Gasteiger partial charge in [0.05, 0.1) is 0 Å². The number of rotatable bonds is 5. The van der Waals surface area contributed by atoms with Crippen LogP contribution in [0.4, 0.5) is 0 Å². The fraction of sp³-hybridized carbons (Fsp3) is 1.00. The van der Waals surface area contributed by atoms with Crippen LogP contribution < -0.4 is 0 Å². The van der Waals surface area contributed by atoms with Crippen molar-refractivity contribution in [1.29, 1.82) is 0 Å². The molecular formula is C8H16O2S2. The van der Waals surface area contributed by atoms with Crippen molar-refractivity contribution in [2.24, 2.45) is 0 Å². The Morgan fingerprint density at radius 1 is 1.33 bits per heavy atom. The second-order valence-corrected chi connectivity index (χ2v) is 5.88. The van der Waals surface area contributed by atoms with Crippen molar-refractivity contribution >= 4 is 21.6 Å². The zero-order chi connectivity index (χ0) is 8.81. The van der Waals surface area contributed by atoms with Crippen LogP contribution in [0.2, 0.25) is 0 Å². The van der Waals surface area contributed by atoms with Crippen LogP contribution in [0.25, 0.3) is 0 Å². The highest BCUT2D eigenvalue weighted by atomic mass is 33.1. The van der Waals surface area contributed by atoms with Gasteiger partial charge < -0.3 is 10.2 Å². The summed E-state index contributed by atoms with van der Waals surface area (Å²) in [5.41, 5.74) is 0. The Hall–Kier alpha value is 0.620. The highest BCUT2D eigenvalue weighted by Crippen LogP contribution is 2.39. The number of hydrogen-bond donors (Lipinski definition) is 2. The Morgan fingerprint density at radius 3 is 2.75 bits per heavy atom. The average molecular weight is 208 g/mol. The molecule has 1 unspecified atom stereocenters. The van der Waals surface area contributed by atoms with E-state index in [-0.39, 0.29) is 0 Å². The van der Waals surface area contributed by atoms with Gasteiger partial charge in [-0.05, 0) is 25.7 Å². The van der Waals surface area contributed by atoms with Crippen LogP contribution in [-0.2, 0) is 0 Å². The van der Waals surface area contributed by atoms with Crippen LogP contribution in [0.3, 0.4) is 0 Å². The lowest BCUT2D eigenvalue weighted by Crippen LogP contribution is -2.04. The van der Waals surface area contributed by atoms with Crippen molar-refractivity contribution in [2.75, 3.05) is 5.75 Å². The minimum absolute atomic E-state index is 0.532. The van der Waals surface area contributed by atoms with Gasteiger partial charge in [0.25, 0.3) is 0 Å². The first-order chi connectivity index (χ1) is 5.79. The molecule has 0 saturated carbocycles. The summed E-state index contributed by atoms with van der Waals surface area (Å²) in [5, 5.41) is 18.0. The number of aliphatic hydroxyl groups excluding tert-OH is 1. The summed E-state index contributed by atoms with van der Waals surface area (Å²) in [6, 6.07) is 0. The molecule has 2 nitrogen and oxygen atoms in total. The van der Waals surface area contributed by atoms with Gasteiger partial charge in [0.2, 0.25) is 0 Å². The summed E-state index contributed by atoms with van der Waals surface area (Å²) < 4.78 is 0. The third kappa shape index (κ3) is 4.60. The lowest BCUT2D eigenvalue weighted by molar-refractivity contribution is -0.0465. The van der Waals surface area contributed by atoms with E-state index in [0.717, 1.165) is 18.1 Å². The molecule has 72 valence electrons. The highest BCUT2D eigenvalue weighted by molar-refractivity contribution is 8.77. The molecule has 0 aromatic rings. The number of aliphatic hydroxyl groups is 2. The summed E-state index contributed by atoms with van der Waals surface area (Å²) in [7, 11) is 3.96. The topological polar surface area (TPSA) is 40.5 Å². The van der Waals surface area contributed by atoms with Crippen LogP contribution in [-0.4, -0.2) is 27.5 Å². The van der Waals surface area contributed by atoms with E-state index in [9.17, 15) is 0 Å². The molecule has 0 spiro atoms. The fourth-order valence-corrected chi connectivity index (χ4v) is 4.29. The molecule has 0 bridgehead atoms. The lowest BCUT2D eigenvalue weighted by atomic mass is 10.1. The summed E-state index contributed by atoms with van der Waals surface area (Å²) in [5.74, 6) is 1.29. The Balaban J connectivity index is 1.88. The van der Waals surface area contributed by atoms with E-state index >= 15 is 0 Å². The van der Waals surface area contributed by atoms with E-state index in [1.165, 1.54) is 18.6 Å². The van der Waals surface area contributed by atoms with Crippen LogP contribution in [0, 0.1) is 0 Å². The van der Waals surface area contributed by atoms with Crippen molar-refractivity contribution in [3.05, 3.63) is 0 Å². The minimum Gasteiger partial charge on any atom is -0.368 e. The monoisotopic (exact) mass is 208 g/mol. The van der Waals surface area contributed by atoms with Gasteiger partial charge in [0.1, 0.15) is 0 Å². The Labute approximate surface area is 81.5 Å². The molecule has 1 aliphatic heterocycles. The molecule has 0 radical (unpaired) electrons. The van der Waals surface area contributed by atoms with Gasteiger partial charge in [-0.1, -0.05) is 28.0 Å². The van der Waals surface area contributed by atoms with Gasteiger partial charge in [0.15, 0.2) is 6.29 Å². The Morgan fingerprint density at radius 2 is 2.17 bits per heavy atom. The molecule has 1 fully saturated rings. The smallest absolute Gasteiger partial charge is 0.151 e. The third-order valence-corrected chi connectivity index (χ3v) is 4.97. The largest absolute Gasteiger partial charge is 0.368 e. The molecule has 4 heteroatoms. The molecule has 2 N–H and O–H groups in total. The van der Waals surface area contributed by atoms with Crippen LogP contribution in [0.5, 0.6) is 0 Å². The predicted octanol–water partition coefficient (Wildman–Crippen LogP) is 2.01. The van der Waals surface area contributed by atoms with E-state index in [4.69, 9.17) is 10.2 Å². The number of hydrogen-bond acceptors (Lipinski definition) is 4. The van der Waals surface area contributed by atoms with Gasteiger partial charge in [-0.25, -0.2) is 0 Å². The van der Waals surface area contributed by atoms with E-state index in [1.807, 2.05) is 21.6 Å². The zero-order valence-corrected chi connectivity index (χ0v) is 8.74. The van der Waals surface area contributed by atoms with Crippen molar-refractivity contribution < 1.29 is 10.2 Å². The van der Waals surface area contributed by atoms with Gasteiger partial charge in [-0.15, -0.1) is 0 Å². The quantitative estimate of drug-likeness (QED) is 0.412. The molecule has 1 saturated heterocycles. The number of unbranched alkanes of at least 4 members (excludes halogenated alkanes) is 1. The SMILES string of the molecule is OC(O)CCCCC1CCSS1. The standard InChI is InChI=1S/C8H16O2S2/c9-8(10)4-2-1-3-7-5-6-11-12-7/h7-10H,1-6H2.